The van der Waals surface area contributed by atoms with Gasteiger partial charge in [0.25, 0.3) is 0 Å². The lowest BCUT2D eigenvalue weighted by Gasteiger charge is -2.35. The summed E-state index contributed by atoms with van der Waals surface area (Å²) in [6.07, 6.45) is -3.17. The highest BCUT2D eigenvalue weighted by atomic mass is 19.4. The molecule has 1 aromatic heterocycles. The van der Waals surface area contributed by atoms with Gasteiger partial charge in [-0.3, -0.25) is 9.69 Å². The second kappa shape index (κ2) is 9.13. The van der Waals surface area contributed by atoms with E-state index in [1.165, 1.54) is 6.07 Å². The predicted octanol–water partition coefficient (Wildman–Crippen LogP) is 3.26. The minimum Gasteiger partial charge on any atom is -0.495 e. The molecule has 0 aliphatic carbocycles. The Morgan fingerprint density at radius 1 is 1.14 bits per heavy atom. The zero-order valence-electron chi connectivity index (χ0n) is 16.1. The number of hydrogen-bond acceptors (Lipinski definition) is 5. The Kier molecular flexibility index (Phi) is 6.58. The average molecular weight is 408 g/mol. The number of pyridine rings is 1. The molecule has 2 heterocycles. The lowest BCUT2D eigenvalue weighted by molar-refractivity contribution is -0.137. The van der Waals surface area contributed by atoms with E-state index in [0.29, 0.717) is 56.4 Å². The SMILES string of the molecule is COc1ccccc1NC(=O)CCN1CCN(c2ccc(C(F)(F)F)cn2)CC1. The fourth-order valence-corrected chi connectivity index (χ4v) is 3.16. The zero-order valence-corrected chi connectivity index (χ0v) is 16.1. The molecular formula is C20H23F3N4O2. The standard InChI is InChI=1S/C20H23F3N4O2/c1-29-17-5-3-2-4-16(17)25-19(28)8-9-26-10-12-27(13-11-26)18-7-6-15(14-24-18)20(21,22)23/h2-7,14H,8-13H2,1H3,(H,25,28). The number of nitrogens with zero attached hydrogens (tertiary/aromatic N) is 3. The van der Waals surface area contributed by atoms with E-state index in [4.69, 9.17) is 4.74 Å². The third-order valence-electron chi connectivity index (χ3n) is 4.81. The first kappa shape index (κ1) is 20.9. The van der Waals surface area contributed by atoms with Crippen LogP contribution in [-0.2, 0) is 11.0 Å². The van der Waals surface area contributed by atoms with Crippen LogP contribution in [-0.4, -0.2) is 55.6 Å². The number of para-hydroxylation sites is 2. The normalized spacial score (nSPS) is 15.2. The van der Waals surface area contributed by atoms with Gasteiger partial charge in [-0.1, -0.05) is 12.1 Å². The number of ether oxygens (including phenoxy) is 1. The third kappa shape index (κ3) is 5.60. The van der Waals surface area contributed by atoms with Crippen molar-refractivity contribution in [3.8, 4) is 5.75 Å². The molecule has 3 rings (SSSR count). The van der Waals surface area contributed by atoms with Crippen LogP contribution in [0.4, 0.5) is 24.7 Å². The first-order valence-corrected chi connectivity index (χ1v) is 9.30. The van der Waals surface area contributed by atoms with Gasteiger partial charge in [-0.05, 0) is 24.3 Å². The number of alkyl halides is 3. The maximum Gasteiger partial charge on any atom is 0.417 e. The van der Waals surface area contributed by atoms with E-state index in [1.54, 1.807) is 19.2 Å². The average Bonchev–Trinajstić information content (AvgIpc) is 2.72. The van der Waals surface area contributed by atoms with E-state index >= 15 is 0 Å². The number of anilines is 2. The Hall–Kier alpha value is -2.81. The third-order valence-corrected chi connectivity index (χ3v) is 4.81. The van der Waals surface area contributed by atoms with Crippen LogP contribution >= 0.6 is 0 Å². The molecule has 2 aromatic rings. The van der Waals surface area contributed by atoms with Crippen LogP contribution in [0.1, 0.15) is 12.0 Å². The van der Waals surface area contributed by atoms with Crippen molar-refractivity contribution < 1.29 is 22.7 Å². The molecule has 0 spiro atoms. The molecule has 0 unspecified atom stereocenters. The molecule has 1 saturated heterocycles. The molecule has 9 heteroatoms. The van der Waals surface area contributed by atoms with Gasteiger partial charge in [0.15, 0.2) is 0 Å². The highest BCUT2D eigenvalue weighted by Crippen LogP contribution is 2.29. The topological polar surface area (TPSA) is 57.7 Å². The first-order valence-electron chi connectivity index (χ1n) is 9.30. The predicted molar refractivity (Wildman–Crippen MR) is 104 cm³/mol. The monoisotopic (exact) mass is 408 g/mol. The number of rotatable bonds is 6. The number of carbonyl (C=O) groups is 1. The van der Waals surface area contributed by atoms with Crippen LogP contribution in [0, 0.1) is 0 Å². The van der Waals surface area contributed by atoms with Crippen molar-refractivity contribution in [3.63, 3.8) is 0 Å². The summed E-state index contributed by atoms with van der Waals surface area (Å²) < 4.78 is 43.2. The van der Waals surface area contributed by atoms with Gasteiger partial charge < -0.3 is 15.0 Å². The first-order chi connectivity index (χ1) is 13.9. The molecule has 1 aliphatic rings. The molecule has 1 N–H and O–H groups in total. The van der Waals surface area contributed by atoms with E-state index in [2.05, 4.69) is 15.2 Å². The smallest absolute Gasteiger partial charge is 0.417 e. The number of hydrogen-bond donors (Lipinski definition) is 1. The fourth-order valence-electron chi connectivity index (χ4n) is 3.16. The summed E-state index contributed by atoms with van der Waals surface area (Å²) >= 11 is 0. The van der Waals surface area contributed by atoms with Crippen molar-refractivity contribution in [2.24, 2.45) is 0 Å². The van der Waals surface area contributed by atoms with Gasteiger partial charge in [-0.2, -0.15) is 13.2 Å². The van der Waals surface area contributed by atoms with Gasteiger partial charge >= 0.3 is 6.18 Å². The van der Waals surface area contributed by atoms with Crippen LogP contribution in [0.25, 0.3) is 0 Å². The summed E-state index contributed by atoms with van der Waals surface area (Å²) in [5.41, 5.74) is -0.112. The molecule has 0 saturated carbocycles. The largest absolute Gasteiger partial charge is 0.495 e. The minimum atomic E-state index is -4.38. The number of amides is 1. The Morgan fingerprint density at radius 2 is 1.86 bits per heavy atom. The highest BCUT2D eigenvalue weighted by Gasteiger charge is 2.31. The molecule has 1 aliphatic heterocycles. The van der Waals surface area contributed by atoms with Gasteiger partial charge in [-0.15, -0.1) is 0 Å². The number of benzene rings is 1. The number of methoxy groups -OCH3 is 1. The molecule has 0 atom stereocenters. The summed E-state index contributed by atoms with van der Waals surface area (Å²) in [5, 5.41) is 2.85. The maximum absolute atomic E-state index is 12.6. The highest BCUT2D eigenvalue weighted by molar-refractivity contribution is 5.92. The molecule has 0 bridgehead atoms. The molecular weight excluding hydrogens is 385 g/mol. The lowest BCUT2D eigenvalue weighted by Crippen LogP contribution is -2.47. The quantitative estimate of drug-likeness (QED) is 0.795. The molecule has 0 radical (unpaired) electrons. The van der Waals surface area contributed by atoms with Gasteiger partial charge in [0.2, 0.25) is 5.91 Å². The molecule has 1 aromatic carbocycles. The summed E-state index contributed by atoms with van der Waals surface area (Å²) in [7, 11) is 1.55. The molecule has 1 fully saturated rings. The van der Waals surface area contributed by atoms with Crippen molar-refractivity contribution >= 4 is 17.4 Å². The van der Waals surface area contributed by atoms with Crippen molar-refractivity contribution in [1.29, 1.82) is 0 Å². The van der Waals surface area contributed by atoms with Gasteiger partial charge in [0.05, 0.1) is 18.4 Å². The second-order valence-corrected chi connectivity index (χ2v) is 6.73. The van der Waals surface area contributed by atoms with Crippen molar-refractivity contribution in [3.05, 3.63) is 48.2 Å². The fraction of sp³-hybridized carbons (Fsp3) is 0.400. The van der Waals surface area contributed by atoms with Crippen LogP contribution < -0.4 is 15.0 Å². The number of piperazine rings is 1. The lowest BCUT2D eigenvalue weighted by atomic mass is 10.2. The van der Waals surface area contributed by atoms with Crippen molar-refractivity contribution in [2.45, 2.75) is 12.6 Å². The number of carbonyl (C=O) groups excluding carboxylic acids is 1. The van der Waals surface area contributed by atoms with Crippen LogP contribution in [0.3, 0.4) is 0 Å². The van der Waals surface area contributed by atoms with Gasteiger partial charge in [0.1, 0.15) is 11.6 Å². The van der Waals surface area contributed by atoms with E-state index in [0.717, 1.165) is 12.3 Å². The Labute approximate surface area is 167 Å². The summed E-state index contributed by atoms with van der Waals surface area (Å²) in [4.78, 5) is 20.3. The second-order valence-electron chi connectivity index (χ2n) is 6.73. The van der Waals surface area contributed by atoms with E-state index in [1.807, 2.05) is 17.0 Å². The van der Waals surface area contributed by atoms with Gasteiger partial charge in [0, 0.05) is 45.3 Å². The van der Waals surface area contributed by atoms with E-state index in [9.17, 15) is 18.0 Å². The van der Waals surface area contributed by atoms with Crippen LogP contribution in [0.2, 0.25) is 0 Å². The molecule has 156 valence electrons. The number of nitrogens with one attached hydrogen (secondary N) is 1. The summed E-state index contributed by atoms with van der Waals surface area (Å²) in [6, 6.07) is 9.68. The molecule has 6 nitrogen and oxygen atoms in total. The van der Waals surface area contributed by atoms with E-state index in [-0.39, 0.29) is 5.91 Å². The van der Waals surface area contributed by atoms with Crippen LogP contribution in [0.15, 0.2) is 42.6 Å². The minimum absolute atomic E-state index is 0.0960. The van der Waals surface area contributed by atoms with Crippen LogP contribution in [0.5, 0.6) is 5.75 Å². The summed E-state index contributed by atoms with van der Waals surface area (Å²) in [5.74, 6) is 1.05. The number of halogens is 3. The Bertz CT molecular complexity index is 819. The molecule has 1 amide bonds. The van der Waals surface area contributed by atoms with Crippen molar-refractivity contribution in [2.75, 3.05) is 50.1 Å². The van der Waals surface area contributed by atoms with E-state index < -0.39 is 11.7 Å². The Morgan fingerprint density at radius 3 is 2.48 bits per heavy atom. The van der Waals surface area contributed by atoms with Gasteiger partial charge in [-0.25, -0.2) is 4.98 Å². The maximum atomic E-state index is 12.6. The molecule has 29 heavy (non-hydrogen) atoms. The Balaban J connectivity index is 1.44. The summed E-state index contributed by atoms with van der Waals surface area (Å²) in [6.45, 7) is 3.32. The number of aromatic nitrogens is 1. The van der Waals surface area contributed by atoms with Crippen molar-refractivity contribution in [1.82, 2.24) is 9.88 Å². The zero-order chi connectivity index (χ0) is 20.9.